The van der Waals surface area contributed by atoms with Crippen LogP contribution in [-0.4, -0.2) is 6.03 Å². The van der Waals surface area contributed by atoms with Crippen molar-refractivity contribution in [2.45, 2.75) is 0 Å². The highest BCUT2D eigenvalue weighted by Gasteiger charge is 2.09. The number of amides is 2. The van der Waals surface area contributed by atoms with Crippen LogP contribution in [0.5, 0.6) is 0 Å². The Kier molecular flexibility index (Phi) is 2.93. The van der Waals surface area contributed by atoms with Gasteiger partial charge in [0.2, 0.25) is 0 Å². The molecule has 0 fully saturated rings. The molecular formula is C15H12N2OS. The Morgan fingerprint density at radius 1 is 1.00 bits per heavy atom. The average molecular weight is 268 g/mol. The Labute approximate surface area is 114 Å². The lowest BCUT2D eigenvalue weighted by molar-refractivity contribution is 0.259. The molecule has 1 heterocycles. The van der Waals surface area contributed by atoms with Crippen LogP contribution >= 0.6 is 11.3 Å². The molecule has 19 heavy (non-hydrogen) atoms. The molecule has 2 amide bonds. The van der Waals surface area contributed by atoms with Gasteiger partial charge < -0.3 is 11.1 Å². The van der Waals surface area contributed by atoms with Crippen LogP contribution in [0.3, 0.4) is 0 Å². The first-order chi connectivity index (χ1) is 9.25. The van der Waals surface area contributed by atoms with Gasteiger partial charge in [0.05, 0.1) is 5.69 Å². The molecule has 3 nitrogen and oxygen atoms in total. The van der Waals surface area contributed by atoms with E-state index in [9.17, 15) is 4.79 Å². The van der Waals surface area contributed by atoms with Crippen molar-refractivity contribution in [2.24, 2.45) is 5.73 Å². The van der Waals surface area contributed by atoms with Crippen molar-refractivity contribution in [1.29, 1.82) is 0 Å². The Morgan fingerprint density at radius 2 is 1.79 bits per heavy atom. The number of benzene rings is 2. The lowest BCUT2D eigenvalue weighted by Crippen LogP contribution is -2.19. The van der Waals surface area contributed by atoms with Crippen LogP contribution in [0.4, 0.5) is 10.5 Å². The summed E-state index contributed by atoms with van der Waals surface area (Å²) >= 11 is 1.67. The molecule has 0 spiro atoms. The van der Waals surface area contributed by atoms with Crippen molar-refractivity contribution in [1.82, 2.24) is 0 Å². The molecule has 0 bridgehead atoms. The second-order valence-electron chi connectivity index (χ2n) is 4.19. The first-order valence-corrected chi connectivity index (χ1v) is 6.76. The fourth-order valence-corrected chi connectivity index (χ4v) is 3.19. The molecule has 94 valence electrons. The number of nitrogens with two attached hydrogens (primary N) is 1. The summed E-state index contributed by atoms with van der Waals surface area (Å²) < 4.78 is 0. The molecule has 0 unspecified atom stereocenters. The molecule has 3 N–H and O–H groups in total. The van der Waals surface area contributed by atoms with E-state index >= 15 is 0 Å². The predicted octanol–water partition coefficient (Wildman–Crippen LogP) is 4.06. The minimum absolute atomic E-state index is 0.542. The summed E-state index contributed by atoms with van der Waals surface area (Å²) in [5.41, 5.74) is 7.12. The molecule has 0 saturated carbocycles. The maximum atomic E-state index is 11.0. The molecule has 2 aromatic carbocycles. The summed E-state index contributed by atoms with van der Waals surface area (Å²) in [6.45, 7) is 0. The SMILES string of the molecule is NC(=O)Nc1cccc2c(-c3ccccc3)scc12. The first kappa shape index (κ1) is 11.7. The lowest BCUT2D eigenvalue weighted by atomic mass is 10.1. The Balaban J connectivity index is 2.17. The van der Waals surface area contributed by atoms with E-state index < -0.39 is 6.03 Å². The topological polar surface area (TPSA) is 55.1 Å². The van der Waals surface area contributed by atoms with Gasteiger partial charge in [-0.1, -0.05) is 42.5 Å². The highest BCUT2D eigenvalue weighted by Crippen LogP contribution is 2.37. The molecule has 0 aliphatic heterocycles. The van der Waals surface area contributed by atoms with Gasteiger partial charge >= 0.3 is 6.03 Å². The Hall–Kier alpha value is -2.33. The third kappa shape index (κ3) is 2.18. The van der Waals surface area contributed by atoms with Crippen molar-refractivity contribution in [2.75, 3.05) is 5.32 Å². The van der Waals surface area contributed by atoms with E-state index in [1.54, 1.807) is 11.3 Å². The number of thiophene rings is 1. The monoisotopic (exact) mass is 268 g/mol. The standard InChI is InChI=1S/C15H12N2OS/c16-15(18)17-13-8-4-7-11-12(13)9-19-14(11)10-5-2-1-3-6-10/h1-9H,(H3,16,17,18). The van der Waals surface area contributed by atoms with Gasteiger partial charge in [0.1, 0.15) is 0 Å². The van der Waals surface area contributed by atoms with E-state index in [0.29, 0.717) is 0 Å². The molecule has 0 saturated heterocycles. The average Bonchev–Trinajstić information content (AvgIpc) is 2.84. The van der Waals surface area contributed by atoms with E-state index in [4.69, 9.17) is 5.73 Å². The lowest BCUT2D eigenvalue weighted by Gasteiger charge is -2.04. The first-order valence-electron chi connectivity index (χ1n) is 5.88. The second-order valence-corrected chi connectivity index (χ2v) is 5.07. The molecule has 4 heteroatoms. The number of rotatable bonds is 2. The van der Waals surface area contributed by atoms with Gasteiger partial charge in [0.25, 0.3) is 0 Å². The number of nitrogens with one attached hydrogen (secondary N) is 1. The highest BCUT2D eigenvalue weighted by atomic mass is 32.1. The minimum Gasteiger partial charge on any atom is -0.351 e. The third-order valence-corrected chi connectivity index (χ3v) is 3.98. The minimum atomic E-state index is -0.542. The van der Waals surface area contributed by atoms with Crippen LogP contribution in [0.2, 0.25) is 0 Å². The van der Waals surface area contributed by atoms with Crippen molar-refractivity contribution >= 4 is 33.8 Å². The van der Waals surface area contributed by atoms with Gasteiger partial charge in [-0.05, 0) is 11.6 Å². The van der Waals surface area contributed by atoms with Gasteiger partial charge in [0, 0.05) is 21.0 Å². The molecule has 3 rings (SSSR count). The molecule has 3 aromatic rings. The zero-order chi connectivity index (χ0) is 13.2. The number of hydrogen-bond donors (Lipinski definition) is 2. The van der Waals surface area contributed by atoms with Gasteiger partial charge in [0.15, 0.2) is 0 Å². The third-order valence-electron chi connectivity index (χ3n) is 2.94. The fourth-order valence-electron chi connectivity index (χ4n) is 2.13. The van der Waals surface area contributed by atoms with Gasteiger partial charge in [-0.25, -0.2) is 4.79 Å². The normalized spacial score (nSPS) is 10.5. The number of hydrogen-bond acceptors (Lipinski definition) is 2. The summed E-state index contributed by atoms with van der Waals surface area (Å²) in [5, 5.41) is 6.85. The largest absolute Gasteiger partial charge is 0.351 e. The molecule has 1 aromatic heterocycles. The predicted molar refractivity (Wildman–Crippen MR) is 80.5 cm³/mol. The number of fused-ring (bicyclic) bond motifs is 1. The summed E-state index contributed by atoms with van der Waals surface area (Å²) in [6.07, 6.45) is 0. The van der Waals surface area contributed by atoms with Gasteiger partial charge in [-0.2, -0.15) is 0 Å². The van der Waals surface area contributed by atoms with Crippen molar-refractivity contribution in [3.63, 3.8) is 0 Å². The molecule has 0 aliphatic rings. The smallest absolute Gasteiger partial charge is 0.316 e. The summed E-state index contributed by atoms with van der Waals surface area (Å²) in [6, 6.07) is 15.5. The number of anilines is 1. The molecule has 0 atom stereocenters. The fraction of sp³-hybridized carbons (Fsp3) is 0. The molecule has 0 radical (unpaired) electrons. The van der Waals surface area contributed by atoms with E-state index in [-0.39, 0.29) is 0 Å². The van der Waals surface area contributed by atoms with E-state index in [1.165, 1.54) is 10.4 Å². The summed E-state index contributed by atoms with van der Waals surface area (Å²) in [5.74, 6) is 0. The maximum Gasteiger partial charge on any atom is 0.316 e. The van der Waals surface area contributed by atoms with Crippen LogP contribution in [-0.2, 0) is 0 Å². The van der Waals surface area contributed by atoms with Crippen LogP contribution < -0.4 is 11.1 Å². The Bertz CT molecular complexity index is 734. The van der Waals surface area contributed by atoms with Crippen molar-refractivity contribution < 1.29 is 4.79 Å². The molecule has 0 aliphatic carbocycles. The number of carbonyl (C=O) groups is 1. The quantitative estimate of drug-likeness (QED) is 0.723. The van der Waals surface area contributed by atoms with E-state index in [1.807, 2.05) is 35.7 Å². The zero-order valence-electron chi connectivity index (χ0n) is 10.1. The molecular weight excluding hydrogens is 256 g/mol. The second kappa shape index (κ2) is 4.74. The summed E-state index contributed by atoms with van der Waals surface area (Å²) in [7, 11) is 0. The van der Waals surface area contributed by atoms with Crippen LogP contribution in [0.1, 0.15) is 0 Å². The van der Waals surface area contributed by atoms with Crippen LogP contribution in [0.25, 0.3) is 21.2 Å². The highest BCUT2D eigenvalue weighted by molar-refractivity contribution is 7.15. The van der Waals surface area contributed by atoms with Crippen LogP contribution in [0.15, 0.2) is 53.9 Å². The Morgan fingerprint density at radius 3 is 2.53 bits per heavy atom. The van der Waals surface area contributed by atoms with Gasteiger partial charge in [-0.3, -0.25) is 0 Å². The number of urea groups is 1. The van der Waals surface area contributed by atoms with Crippen molar-refractivity contribution in [3.8, 4) is 10.4 Å². The van der Waals surface area contributed by atoms with Gasteiger partial charge in [-0.15, -0.1) is 11.3 Å². The number of carbonyl (C=O) groups excluding carboxylic acids is 1. The summed E-state index contributed by atoms with van der Waals surface area (Å²) in [4.78, 5) is 12.2. The maximum absolute atomic E-state index is 11.0. The van der Waals surface area contributed by atoms with Crippen LogP contribution in [0, 0.1) is 0 Å². The number of primary amides is 1. The zero-order valence-corrected chi connectivity index (χ0v) is 10.9. The van der Waals surface area contributed by atoms with E-state index in [0.717, 1.165) is 16.5 Å². The van der Waals surface area contributed by atoms with Crippen molar-refractivity contribution in [3.05, 3.63) is 53.9 Å². The van der Waals surface area contributed by atoms with E-state index in [2.05, 4.69) is 23.5 Å².